The van der Waals surface area contributed by atoms with Gasteiger partial charge in [0.25, 0.3) is 0 Å². The molecule has 0 spiro atoms. The predicted molar refractivity (Wildman–Crippen MR) is 274 cm³/mol. The first-order valence-corrected chi connectivity index (χ1v) is 25.4. The molecule has 0 unspecified atom stereocenters. The molecule has 0 aromatic heterocycles. The summed E-state index contributed by atoms with van der Waals surface area (Å²) in [6.45, 7) is 23.2. The van der Waals surface area contributed by atoms with Crippen LogP contribution in [0.25, 0.3) is 215 Å². The van der Waals surface area contributed by atoms with Gasteiger partial charge in [-0.25, -0.2) is 0 Å². The van der Waals surface area contributed by atoms with E-state index in [-0.39, 0.29) is 46.6 Å². The number of benzene rings is 15. The van der Waals surface area contributed by atoms with Crippen LogP contribution in [-0.2, 0) is 55.9 Å². The fourth-order valence-electron chi connectivity index (χ4n) is 26.2. The van der Waals surface area contributed by atoms with E-state index in [9.17, 15) is 0 Å². The minimum atomic E-state index is -0.191. The normalized spacial score (nSPS) is 30.7. The molecular weight excluding hydrogens is 938 g/mol. The summed E-state index contributed by atoms with van der Waals surface area (Å²) in [7, 11) is 0. The van der Waals surface area contributed by atoms with Crippen molar-refractivity contribution in [2.24, 2.45) is 0 Å². The zero-order valence-corrected chi connectivity index (χ0v) is 38.9. The van der Waals surface area contributed by atoms with E-state index in [1.54, 1.807) is 271 Å². The molecule has 0 aliphatic heterocycles. The fraction of sp³-hybridized carbons (Fsp3) is 0.149. The van der Waals surface area contributed by atoms with Crippen LogP contribution in [0.15, 0.2) is 0 Å². The van der Waals surface area contributed by atoms with Crippen LogP contribution in [0.1, 0.15) is 90.3 Å². The van der Waals surface area contributed by atoms with Crippen molar-refractivity contribution in [2.75, 3.05) is 0 Å². The molecule has 1 saturated carbocycles. The molecule has 2 nitrogen and oxygen atoms in total. The maximum atomic E-state index is 7.50. The zero-order chi connectivity index (χ0) is 43.3. The molecular formula is C67H15O2Ru+. The maximum Gasteiger partial charge on any atom is 1.00 e. The molecule has 11 aliphatic carbocycles. The summed E-state index contributed by atoms with van der Waals surface area (Å²) in [4.78, 5) is 0. The van der Waals surface area contributed by atoms with E-state index in [0.717, 1.165) is 0 Å². The first-order chi connectivity index (χ1) is 33.8. The van der Waals surface area contributed by atoms with Crippen molar-refractivity contribution < 1.29 is 28.8 Å². The average molecular weight is 953 g/mol. The van der Waals surface area contributed by atoms with Gasteiger partial charge in [-0.3, -0.25) is 0 Å². The second-order valence-electron chi connectivity index (χ2n) is 26.2. The van der Waals surface area contributed by atoms with E-state index in [0.29, 0.717) is 0 Å². The van der Waals surface area contributed by atoms with Gasteiger partial charge in [-0.1, -0.05) is 34.6 Å². The Morgan fingerprint density at radius 2 is 0.243 bits per heavy atom. The molecule has 0 heterocycles. The van der Waals surface area contributed by atoms with Crippen LogP contribution in [0.5, 0.6) is 0 Å². The Morgan fingerprint density at radius 1 is 0.171 bits per heavy atom. The van der Waals surface area contributed by atoms with Crippen LogP contribution in [0.4, 0.5) is 0 Å². The molecule has 21 aromatic rings. The first-order valence-electron chi connectivity index (χ1n) is 25.4. The molecule has 0 N–H and O–H groups in total. The van der Waals surface area contributed by atoms with Gasteiger partial charge in [0.15, 0.2) is 0 Å². The number of hydrogen-bond donors (Lipinski definition) is 0. The minimum Gasteiger partial charge on any atom is 1.00 e. The predicted octanol–water partition coefficient (Wildman–Crippen LogP) is 15.6. The summed E-state index contributed by atoms with van der Waals surface area (Å²) in [5.74, 6) is 9.05. The molecule has 0 amide bonds. The standard InChI is InChI=1S/C65H15.2CO.Ru/c1-61-46-36-26-16-11-6-7-9-10-8(6)13-20-18(11)28(26)38-40-30(20)32-22(13)24-15(10)25-23-14(9)21-19-12(7)17(16)27-29(19)39-41-31(21)33(23)43-45-35(25)34(24)44-42(32)52-50(40)62(2,48(38)46)57-56(61)58-60-59(57)64(52,4)54(44)55(45)65(60,5)53(43)51(41)63(58,3)49(39)47(61)37(27)36;2*1-2;/h1-5H3;;;/q;;;+1. The molecule has 0 bridgehead atoms. The SMILES string of the molecule is CC12[C]3[C]4[C]5[C]6[C]3C3(C)c7c1c1c8c2c2c9c%10c(c%11c%12c%13c(c%14c%15c%16c(c3c3c7c7c1c1c%17c8c9c8c9c%10c%12c%10c%12c%13c%15c%13c%15c%16c3c3c7c1c1c(c%178)c(c9%10)c(c%12%13)c1c3%15)C6%14C)C5%11C)C42C.[C-]#[O+].[C-]#[O+].[Ru+]. The van der Waals surface area contributed by atoms with Crippen molar-refractivity contribution in [3.8, 4) is 0 Å². The van der Waals surface area contributed by atoms with Crippen LogP contribution in [0.2, 0.25) is 0 Å². The third-order valence-electron chi connectivity index (χ3n) is 26.2. The maximum absolute atomic E-state index is 7.50. The summed E-state index contributed by atoms with van der Waals surface area (Å²) in [6.07, 6.45) is 0. The van der Waals surface area contributed by atoms with Crippen LogP contribution in [0.3, 0.4) is 0 Å². The summed E-state index contributed by atoms with van der Waals surface area (Å²) in [5.41, 5.74) is 16.8. The summed E-state index contributed by atoms with van der Waals surface area (Å²) >= 11 is 0. The molecule has 0 saturated heterocycles. The van der Waals surface area contributed by atoms with Crippen LogP contribution >= 0.6 is 0 Å². The van der Waals surface area contributed by atoms with E-state index in [2.05, 4.69) is 47.9 Å². The molecule has 3 heteroatoms. The molecule has 21 aromatic carbocycles. The molecule has 302 valence electrons. The van der Waals surface area contributed by atoms with E-state index in [1.165, 1.54) is 0 Å². The first kappa shape index (κ1) is 30.4. The zero-order valence-electron chi connectivity index (χ0n) is 37.2. The Kier molecular flexibility index (Phi) is 2.90. The van der Waals surface area contributed by atoms with Gasteiger partial charge >= 0.3 is 42.1 Å². The Morgan fingerprint density at radius 3 is 0.329 bits per heavy atom. The minimum absolute atomic E-state index is 0. The summed E-state index contributed by atoms with van der Waals surface area (Å²) < 4.78 is 15.0. The Balaban J connectivity index is 0.000000637. The van der Waals surface area contributed by atoms with E-state index < -0.39 is 0 Å². The molecule has 0 atom stereocenters. The monoisotopic (exact) mass is 953 g/mol. The van der Waals surface area contributed by atoms with Gasteiger partial charge in [0.1, 0.15) is 0 Å². The van der Waals surface area contributed by atoms with Gasteiger partial charge in [0.05, 0.1) is 0 Å². The van der Waals surface area contributed by atoms with Crippen LogP contribution in [-0.4, -0.2) is 0 Å². The second-order valence-corrected chi connectivity index (χ2v) is 26.2. The molecule has 11 aliphatic rings. The smallest absolute Gasteiger partial charge is 1.00 e. The summed E-state index contributed by atoms with van der Waals surface area (Å²) in [6, 6.07) is 0. The van der Waals surface area contributed by atoms with Crippen LogP contribution < -0.4 is 0 Å². The van der Waals surface area contributed by atoms with Crippen molar-refractivity contribution in [3.05, 3.63) is 98.5 Å². The molecule has 1 fully saturated rings. The average Bonchev–Trinajstić information content (AvgIpc) is 4.41. The Labute approximate surface area is 401 Å². The van der Waals surface area contributed by atoms with Crippen molar-refractivity contribution in [1.29, 1.82) is 0 Å². The topological polar surface area (TPSA) is 39.8 Å². The largest absolute Gasteiger partial charge is 1.00 e. The van der Waals surface area contributed by atoms with Crippen molar-refractivity contribution >= 4 is 215 Å². The summed E-state index contributed by atoms with van der Waals surface area (Å²) in [5, 5.41) is 67.8. The van der Waals surface area contributed by atoms with Gasteiger partial charge < -0.3 is 0 Å². The van der Waals surface area contributed by atoms with E-state index >= 15 is 0 Å². The van der Waals surface area contributed by atoms with Gasteiger partial charge in [0, 0.05) is 56.7 Å². The van der Waals surface area contributed by atoms with E-state index in [4.69, 9.17) is 9.30 Å². The second kappa shape index (κ2) is 6.68. The van der Waals surface area contributed by atoms with Gasteiger partial charge in [-0.05, 0) is 271 Å². The van der Waals surface area contributed by atoms with Crippen molar-refractivity contribution in [3.63, 3.8) is 0 Å². The number of hydrogen-bond acceptors (Lipinski definition) is 0. The van der Waals surface area contributed by atoms with Gasteiger partial charge in [-0.15, -0.1) is 0 Å². The quantitative estimate of drug-likeness (QED) is 0.0629. The molecule has 32 rings (SSSR count). The third kappa shape index (κ3) is 1.54. The number of rotatable bonds is 0. The van der Waals surface area contributed by atoms with Gasteiger partial charge in [0.2, 0.25) is 0 Å². The molecule has 6 radical (unpaired) electrons. The Bertz CT molecular complexity index is 5330. The van der Waals surface area contributed by atoms with E-state index in [1.807, 2.05) is 29.6 Å². The third-order valence-corrected chi connectivity index (χ3v) is 26.2. The van der Waals surface area contributed by atoms with Gasteiger partial charge in [-0.2, -0.15) is 0 Å². The van der Waals surface area contributed by atoms with Crippen molar-refractivity contribution in [1.82, 2.24) is 0 Å². The fourth-order valence-corrected chi connectivity index (χ4v) is 26.2. The molecule has 70 heavy (non-hydrogen) atoms. The van der Waals surface area contributed by atoms with Crippen molar-refractivity contribution in [2.45, 2.75) is 61.7 Å². The van der Waals surface area contributed by atoms with Crippen LogP contribution in [0, 0.1) is 42.9 Å². The Hall–Kier alpha value is -6.40.